The molecule has 2 rings (SSSR count). The lowest BCUT2D eigenvalue weighted by atomic mass is 10.0. The predicted octanol–water partition coefficient (Wildman–Crippen LogP) is 3.91. The van der Waals surface area contributed by atoms with Crippen LogP contribution in [0.5, 0.6) is 0 Å². The Hall–Kier alpha value is -0.890. The molecular formula is C16H24FN. The van der Waals surface area contributed by atoms with Gasteiger partial charge in [-0.3, -0.25) is 0 Å². The SMILES string of the molecule is Cc1ccc(F)cc1CNCC1C(C)(C)C1(C)C. The molecule has 0 bridgehead atoms. The highest BCUT2D eigenvalue weighted by Gasteiger charge is 2.63. The van der Waals surface area contributed by atoms with Crippen LogP contribution in [0, 0.1) is 29.5 Å². The minimum atomic E-state index is -0.149. The zero-order valence-corrected chi connectivity index (χ0v) is 12.1. The molecule has 0 spiro atoms. The van der Waals surface area contributed by atoms with E-state index in [9.17, 15) is 4.39 Å². The third-order valence-corrected chi connectivity index (χ3v) is 5.29. The Morgan fingerprint density at radius 2 is 1.78 bits per heavy atom. The van der Waals surface area contributed by atoms with Crippen molar-refractivity contribution in [2.75, 3.05) is 6.54 Å². The van der Waals surface area contributed by atoms with Gasteiger partial charge in [0.05, 0.1) is 0 Å². The molecule has 0 aromatic heterocycles. The number of benzene rings is 1. The summed E-state index contributed by atoms with van der Waals surface area (Å²) in [5, 5.41) is 3.48. The molecule has 1 saturated carbocycles. The van der Waals surface area contributed by atoms with E-state index < -0.39 is 0 Å². The van der Waals surface area contributed by atoms with Gasteiger partial charge in [0.15, 0.2) is 0 Å². The van der Waals surface area contributed by atoms with Crippen LogP contribution in [0.2, 0.25) is 0 Å². The van der Waals surface area contributed by atoms with E-state index in [4.69, 9.17) is 0 Å². The molecule has 1 aromatic carbocycles. The van der Waals surface area contributed by atoms with Crippen LogP contribution in [0.4, 0.5) is 4.39 Å². The topological polar surface area (TPSA) is 12.0 Å². The van der Waals surface area contributed by atoms with Crippen LogP contribution < -0.4 is 5.32 Å². The first-order chi connectivity index (χ1) is 8.26. The number of hydrogen-bond donors (Lipinski definition) is 1. The summed E-state index contributed by atoms with van der Waals surface area (Å²) in [4.78, 5) is 0. The molecule has 18 heavy (non-hydrogen) atoms. The second-order valence-corrected chi connectivity index (χ2v) is 6.70. The highest BCUT2D eigenvalue weighted by Crippen LogP contribution is 2.67. The maximum absolute atomic E-state index is 13.2. The minimum Gasteiger partial charge on any atom is -0.312 e. The van der Waals surface area contributed by atoms with Crippen LogP contribution in [0.3, 0.4) is 0 Å². The fourth-order valence-corrected chi connectivity index (χ4v) is 3.03. The zero-order valence-electron chi connectivity index (χ0n) is 12.1. The molecule has 100 valence electrons. The lowest BCUT2D eigenvalue weighted by Crippen LogP contribution is -2.19. The molecular weight excluding hydrogens is 225 g/mol. The van der Waals surface area contributed by atoms with E-state index in [-0.39, 0.29) is 5.82 Å². The fourth-order valence-electron chi connectivity index (χ4n) is 3.03. The van der Waals surface area contributed by atoms with Gasteiger partial charge in [-0.1, -0.05) is 33.8 Å². The Kier molecular flexibility index (Phi) is 3.26. The second-order valence-electron chi connectivity index (χ2n) is 6.70. The molecule has 0 amide bonds. The lowest BCUT2D eigenvalue weighted by Gasteiger charge is -2.09. The first kappa shape index (κ1) is 13.5. The van der Waals surface area contributed by atoms with Gasteiger partial charge < -0.3 is 5.32 Å². The maximum Gasteiger partial charge on any atom is 0.123 e. The van der Waals surface area contributed by atoms with Crippen molar-refractivity contribution in [3.05, 3.63) is 35.1 Å². The molecule has 1 fully saturated rings. The van der Waals surface area contributed by atoms with Crippen LogP contribution in [-0.4, -0.2) is 6.54 Å². The van der Waals surface area contributed by atoms with Crippen LogP contribution in [-0.2, 0) is 6.54 Å². The van der Waals surface area contributed by atoms with E-state index in [1.54, 1.807) is 6.07 Å². The Morgan fingerprint density at radius 1 is 1.17 bits per heavy atom. The molecule has 0 aliphatic heterocycles. The van der Waals surface area contributed by atoms with Gasteiger partial charge in [0.1, 0.15) is 5.82 Å². The zero-order chi connectivity index (χ0) is 13.6. The molecule has 1 aliphatic carbocycles. The molecule has 1 aromatic rings. The van der Waals surface area contributed by atoms with Gasteiger partial charge in [-0.2, -0.15) is 0 Å². The van der Waals surface area contributed by atoms with E-state index in [1.165, 1.54) is 6.07 Å². The molecule has 0 heterocycles. The number of hydrogen-bond acceptors (Lipinski definition) is 1. The van der Waals surface area contributed by atoms with Crippen molar-refractivity contribution in [1.29, 1.82) is 0 Å². The van der Waals surface area contributed by atoms with Gasteiger partial charge in [0.2, 0.25) is 0 Å². The van der Waals surface area contributed by atoms with Crippen LogP contribution in [0.15, 0.2) is 18.2 Å². The molecule has 2 heteroatoms. The largest absolute Gasteiger partial charge is 0.312 e. The van der Waals surface area contributed by atoms with Crippen molar-refractivity contribution in [3.8, 4) is 0 Å². The van der Waals surface area contributed by atoms with Gasteiger partial charge in [0.25, 0.3) is 0 Å². The quantitative estimate of drug-likeness (QED) is 0.853. The first-order valence-electron chi connectivity index (χ1n) is 6.72. The van der Waals surface area contributed by atoms with E-state index in [0.29, 0.717) is 16.7 Å². The molecule has 0 radical (unpaired) electrons. The van der Waals surface area contributed by atoms with Gasteiger partial charge >= 0.3 is 0 Å². The van der Waals surface area contributed by atoms with Crippen molar-refractivity contribution >= 4 is 0 Å². The molecule has 0 atom stereocenters. The summed E-state index contributed by atoms with van der Waals surface area (Å²) in [6, 6.07) is 4.99. The Morgan fingerprint density at radius 3 is 2.33 bits per heavy atom. The highest BCUT2D eigenvalue weighted by atomic mass is 19.1. The Balaban J connectivity index is 1.89. The fraction of sp³-hybridized carbons (Fsp3) is 0.625. The average molecular weight is 249 g/mol. The normalized spacial score (nSPS) is 21.0. The van der Waals surface area contributed by atoms with Crippen molar-refractivity contribution < 1.29 is 4.39 Å². The molecule has 1 nitrogen and oxygen atoms in total. The maximum atomic E-state index is 13.2. The molecule has 0 unspecified atom stereocenters. The van der Waals surface area contributed by atoms with Gasteiger partial charge in [-0.05, 0) is 53.5 Å². The highest BCUT2D eigenvalue weighted by molar-refractivity contribution is 5.26. The smallest absolute Gasteiger partial charge is 0.123 e. The van der Waals surface area contributed by atoms with Gasteiger partial charge in [-0.25, -0.2) is 4.39 Å². The summed E-state index contributed by atoms with van der Waals surface area (Å²) >= 11 is 0. The Labute approximate surface area is 110 Å². The third kappa shape index (κ3) is 2.18. The van der Waals surface area contributed by atoms with Crippen molar-refractivity contribution in [2.45, 2.75) is 41.2 Å². The van der Waals surface area contributed by atoms with Crippen LogP contribution >= 0.6 is 0 Å². The summed E-state index contributed by atoms with van der Waals surface area (Å²) in [5.41, 5.74) is 3.04. The monoisotopic (exact) mass is 249 g/mol. The van der Waals surface area contributed by atoms with Crippen LogP contribution in [0.25, 0.3) is 0 Å². The number of nitrogens with one attached hydrogen (secondary N) is 1. The van der Waals surface area contributed by atoms with E-state index >= 15 is 0 Å². The number of rotatable bonds is 4. The van der Waals surface area contributed by atoms with Crippen LogP contribution in [0.1, 0.15) is 38.8 Å². The summed E-state index contributed by atoms with van der Waals surface area (Å²) < 4.78 is 13.2. The first-order valence-corrected chi connectivity index (χ1v) is 6.72. The predicted molar refractivity (Wildman–Crippen MR) is 73.9 cm³/mol. The van der Waals surface area contributed by atoms with Crippen molar-refractivity contribution in [2.24, 2.45) is 16.7 Å². The van der Waals surface area contributed by atoms with E-state index in [0.717, 1.165) is 24.2 Å². The minimum absolute atomic E-state index is 0.149. The van der Waals surface area contributed by atoms with E-state index in [2.05, 4.69) is 33.0 Å². The standard InChI is InChI=1S/C16H24FN/c1-11-6-7-13(17)8-12(11)9-18-10-14-15(2,3)16(14,4)5/h6-8,14,18H,9-10H2,1-5H3. The second kappa shape index (κ2) is 4.34. The molecule has 0 saturated heterocycles. The number of halogens is 1. The molecule has 1 aliphatic rings. The third-order valence-electron chi connectivity index (χ3n) is 5.29. The van der Waals surface area contributed by atoms with E-state index in [1.807, 2.05) is 13.0 Å². The van der Waals surface area contributed by atoms with Gasteiger partial charge in [0, 0.05) is 6.54 Å². The van der Waals surface area contributed by atoms with Crippen molar-refractivity contribution in [3.63, 3.8) is 0 Å². The summed E-state index contributed by atoms with van der Waals surface area (Å²) in [5.74, 6) is 0.559. The number of aryl methyl sites for hydroxylation is 1. The summed E-state index contributed by atoms with van der Waals surface area (Å²) in [6.45, 7) is 13.1. The summed E-state index contributed by atoms with van der Waals surface area (Å²) in [6.07, 6.45) is 0. The van der Waals surface area contributed by atoms with Crippen molar-refractivity contribution in [1.82, 2.24) is 5.32 Å². The molecule has 1 N–H and O–H groups in total. The summed E-state index contributed by atoms with van der Waals surface area (Å²) in [7, 11) is 0. The lowest BCUT2D eigenvalue weighted by molar-refractivity contribution is 0.457. The van der Waals surface area contributed by atoms with Gasteiger partial charge in [-0.15, -0.1) is 0 Å². The average Bonchev–Trinajstić information content (AvgIpc) is 2.65. The Bertz CT molecular complexity index is 434.